The van der Waals surface area contributed by atoms with E-state index in [0.29, 0.717) is 13.2 Å². The molecule has 1 aliphatic heterocycles. The standard InChI is InChI=1S/C14H20O2/c1-5-7-9-14(10-8-6-2)11-15-13(3,4)16-12-14/h1-2H,7-12H2,3-4H3. The van der Waals surface area contributed by atoms with Gasteiger partial charge in [-0.05, 0) is 26.7 Å². The van der Waals surface area contributed by atoms with Crippen LogP contribution in [-0.4, -0.2) is 19.0 Å². The first-order valence-corrected chi connectivity index (χ1v) is 5.68. The van der Waals surface area contributed by atoms with E-state index >= 15 is 0 Å². The maximum absolute atomic E-state index is 5.72. The molecule has 0 radical (unpaired) electrons. The van der Waals surface area contributed by atoms with Gasteiger partial charge in [0.05, 0.1) is 13.2 Å². The topological polar surface area (TPSA) is 18.5 Å². The van der Waals surface area contributed by atoms with E-state index in [1.807, 2.05) is 13.8 Å². The van der Waals surface area contributed by atoms with Crippen molar-refractivity contribution in [2.24, 2.45) is 5.41 Å². The summed E-state index contributed by atoms with van der Waals surface area (Å²) in [6.07, 6.45) is 14.0. The molecule has 0 atom stereocenters. The second kappa shape index (κ2) is 5.39. The zero-order chi connectivity index (χ0) is 12.1. The Morgan fingerprint density at radius 1 is 1.00 bits per heavy atom. The molecule has 0 aromatic heterocycles. The molecule has 1 aliphatic rings. The van der Waals surface area contributed by atoms with Gasteiger partial charge in [0.1, 0.15) is 0 Å². The summed E-state index contributed by atoms with van der Waals surface area (Å²) in [6, 6.07) is 0. The molecule has 1 saturated heterocycles. The molecular formula is C14H20O2. The lowest BCUT2D eigenvalue weighted by atomic mass is 9.80. The third kappa shape index (κ3) is 3.56. The summed E-state index contributed by atoms with van der Waals surface area (Å²) in [4.78, 5) is 0. The van der Waals surface area contributed by atoms with Crippen molar-refractivity contribution in [1.82, 2.24) is 0 Å². The van der Waals surface area contributed by atoms with E-state index in [-0.39, 0.29) is 5.41 Å². The van der Waals surface area contributed by atoms with Crippen LogP contribution in [0.5, 0.6) is 0 Å². The highest BCUT2D eigenvalue weighted by molar-refractivity contribution is 4.94. The highest BCUT2D eigenvalue weighted by atomic mass is 16.7. The van der Waals surface area contributed by atoms with Gasteiger partial charge in [0.25, 0.3) is 0 Å². The van der Waals surface area contributed by atoms with E-state index in [9.17, 15) is 0 Å². The van der Waals surface area contributed by atoms with E-state index < -0.39 is 5.79 Å². The first-order chi connectivity index (χ1) is 7.54. The second-order valence-electron chi connectivity index (χ2n) is 4.89. The van der Waals surface area contributed by atoms with Gasteiger partial charge in [-0.2, -0.15) is 0 Å². The molecule has 2 heteroatoms. The molecule has 1 fully saturated rings. The van der Waals surface area contributed by atoms with Gasteiger partial charge in [-0.15, -0.1) is 24.7 Å². The van der Waals surface area contributed by atoms with Crippen molar-refractivity contribution in [3.05, 3.63) is 0 Å². The lowest BCUT2D eigenvalue weighted by Gasteiger charge is -2.43. The van der Waals surface area contributed by atoms with Crippen molar-refractivity contribution in [2.45, 2.75) is 45.3 Å². The van der Waals surface area contributed by atoms with E-state index in [4.69, 9.17) is 22.3 Å². The van der Waals surface area contributed by atoms with Gasteiger partial charge < -0.3 is 9.47 Å². The summed E-state index contributed by atoms with van der Waals surface area (Å²) in [7, 11) is 0. The van der Waals surface area contributed by atoms with Gasteiger partial charge in [0, 0.05) is 18.3 Å². The molecule has 1 rings (SSSR count). The third-order valence-electron chi connectivity index (χ3n) is 3.05. The minimum atomic E-state index is -0.476. The van der Waals surface area contributed by atoms with Gasteiger partial charge in [-0.3, -0.25) is 0 Å². The summed E-state index contributed by atoms with van der Waals surface area (Å²) in [5.41, 5.74) is 0.00819. The van der Waals surface area contributed by atoms with Crippen LogP contribution >= 0.6 is 0 Å². The van der Waals surface area contributed by atoms with Crippen LogP contribution in [0, 0.1) is 30.1 Å². The van der Waals surface area contributed by atoms with Crippen LogP contribution in [0.4, 0.5) is 0 Å². The minimum Gasteiger partial charge on any atom is -0.350 e. The lowest BCUT2D eigenvalue weighted by Crippen LogP contribution is -2.46. The molecule has 88 valence electrons. The monoisotopic (exact) mass is 220 g/mol. The Labute approximate surface area is 98.7 Å². The lowest BCUT2D eigenvalue weighted by molar-refractivity contribution is -0.287. The van der Waals surface area contributed by atoms with Crippen molar-refractivity contribution in [2.75, 3.05) is 13.2 Å². The number of ether oxygens (including phenoxy) is 2. The highest BCUT2D eigenvalue weighted by Crippen LogP contribution is 2.37. The van der Waals surface area contributed by atoms with Crippen LogP contribution in [0.15, 0.2) is 0 Å². The largest absolute Gasteiger partial charge is 0.350 e. The van der Waals surface area contributed by atoms with E-state index in [0.717, 1.165) is 25.7 Å². The first kappa shape index (κ1) is 13.1. The number of hydrogen-bond acceptors (Lipinski definition) is 2. The van der Waals surface area contributed by atoms with Crippen LogP contribution in [0.3, 0.4) is 0 Å². The first-order valence-electron chi connectivity index (χ1n) is 5.68. The average Bonchev–Trinajstić information content (AvgIpc) is 2.27. The zero-order valence-corrected chi connectivity index (χ0v) is 10.2. The predicted molar refractivity (Wildman–Crippen MR) is 64.6 cm³/mol. The SMILES string of the molecule is C#CCCC1(CCC#C)COC(C)(C)OC1. The molecule has 2 nitrogen and oxygen atoms in total. The van der Waals surface area contributed by atoms with Crippen molar-refractivity contribution in [3.8, 4) is 24.7 Å². The fraction of sp³-hybridized carbons (Fsp3) is 0.714. The summed E-state index contributed by atoms with van der Waals surface area (Å²) in [5.74, 6) is 4.87. The van der Waals surface area contributed by atoms with Crippen molar-refractivity contribution < 1.29 is 9.47 Å². The Bertz CT molecular complexity index is 274. The van der Waals surface area contributed by atoms with Crippen LogP contribution < -0.4 is 0 Å². The Morgan fingerprint density at radius 2 is 1.44 bits per heavy atom. The van der Waals surface area contributed by atoms with E-state index in [1.54, 1.807) is 0 Å². The van der Waals surface area contributed by atoms with Crippen LogP contribution in [0.1, 0.15) is 39.5 Å². The van der Waals surface area contributed by atoms with Crippen molar-refractivity contribution in [1.29, 1.82) is 0 Å². The number of terminal acetylenes is 2. The fourth-order valence-electron chi connectivity index (χ4n) is 1.83. The molecule has 0 amide bonds. The minimum absolute atomic E-state index is 0.00819. The van der Waals surface area contributed by atoms with Crippen molar-refractivity contribution >= 4 is 0 Å². The Balaban J connectivity index is 2.60. The zero-order valence-electron chi connectivity index (χ0n) is 10.2. The molecule has 1 heterocycles. The molecule has 0 aliphatic carbocycles. The van der Waals surface area contributed by atoms with E-state index in [1.165, 1.54) is 0 Å². The Morgan fingerprint density at radius 3 is 1.81 bits per heavy atom. The number of rotatable bonds is 4. The Hall–Kier alpha value is -0.960. The molecule has 0 aromatic rings. The second-order valence-corrected chi connectivity index (χ2v) is 4.89. The molecule has 16 heavy (non-hydrogen) atoms. The van der Waals surface area contributed by atoms with E-state index in [2.05, 4.69) is 11.8 Å². The summed E-state index contributed by atoms with van der Waals surface area (Å²) >= 11 is 0. The van der Waals surface area contributed by atoms with Crippen LogP contribution in [0.25, 0.3) is 0 Å². The molecule has 0 aromatic carbocycles. The highest BCUT2D eigenvalue weighted by Gasteiger charge is 2.39. The molecule has 0 spiro atoms. The van der Waals surface area contributed by atoms with Crippen molar-refractivity contribution in [3.63, 3.8) is 0 Å². The van der Waals surface area contributed by atoms with Crippen LogP contribution in [0.2, 0.25) is 0 Å². The third-order valence-corrected chi connectivity index (χ3v) is 3.05. The fourth-order valence-corrected chi connectivity index (χ4v) is 1.83. The van der Waals surface area contributed by atoms with Gasteiger partial charge in [-0.25, -0.2) is 0 Å². The maximum Gasteiger partial charge on any atom is 0.162 e. The molecular weight excluding hydrogens is 200 g/mol. The summed E-state index contributed by atoms with van der Waals surface area (Å²) in [5, 5.41) is 0. The van der Waals surface area contributed by atoms with Gasteiger partial charge in [0.15, 0.2) is 5.79 Å². The average molecular weight is 220 g/mol. The smallest absolute Gasteiger partial charge is 0.162 e. The number of hydrogen-bond donors (Lipinski definition) is 0. The molecule has 0 bridgehead atoms. The molecule has 0 saturated carbocycles. The van der Waals surface area contributed by atoms with Gasteiger partial charge >= 0.3 is 0 Å². The van der Waals surface area contributed by atoms with Crippen LogP contribution in [-0.2, 0) is 9.47 Å². The van der Waals surface area contributed by atoms with Gasteiger partial charge in [-0.1, -0.05) is 0 Å². The molecule has 0 N–H and O–H groups in total. The normalized spacial score (nSPS) is 22.0. The quantitative estimate of drug-likeness (QED) is 0.678. The predicted octanol–water partition coefficient (Wildman–Crippen LogP) is 2.58. The van der Waals surface area contributed by atoms with Gasteiger partial charge in [0.2, 0.25) is 0 Å². The Kier molecular flexibility index (Phi) is 4.42. The maximum atomic E-state index is 5.72. The summed E-state index contributed by atoms with van der Waals surface area (Å²) < 4.78 is 11.4. The molecule has 0 unspecified atom stereocenters. The summed E-state index contributed by atoms with van der Waals surface area (Å²) in [6.45, 7) is 5.23.